The lowest BCUT2D eigenvalue weighted by Crippen LogP contribution is -2.03. The molecule has 3 aromatic rings. The number of carbonyl (C=O) groups is 1. The summed E-state index contributed by atoms with van der Waals surface area (Å²) >= 11 is 0. The molecule has 118 valence electrons. The van der Waals surface area contributed by atoms with Gasteiger partial charge in [0, 0.05) is 6.08 Å². The lowest BCUT2D eigenvalue weighted by Gasteiger charge is -2.06. The van der Waals surface area contributed by atoms with Gasteiger partial charge in [-0.05, 0) is 48.0 Å². The molecule has 0 unspecified atom stereocenters. The Morgan fingerprint density at radius 3 is 1.88 bits per heavy atom. The topological polar surface area (TPSA) is 35.5 Å². The van der Waals surface area contributed by atoms with Crippen molar-refractivity contribution >= 4 is 12.0 Å². The van der Waals surface area contributed by atoms with Crippen LogP contribution in [-0.2, 0) is 4.79 Å². The zero-order chi connectivity index (χ0) is 16.6. The van der Waals surface area contributed by atoms with Crippen LogP contribution in [0, 0.1) is 0 Å². The summed E-state index contributed by atoms with van der Waals surface area (Å²) in [4.78, 5) is 11.8. The molecular weight excluding hydrogens is 300 g/mol. The predicted molar refractivity (Wildman–Crippen MR) is 94.1 cm³/mol. The molecule has 0 saturated carbocycles. The standard InChI is InChI=1S/C21H16O3/c22-21(16-11-17-7-3-1-4-8-17)24-20-14-12-19(13-15-20)23-18-9-5-2-6-10-18/h1-16H/b16-11+. The van der Waals surface area contributed by atoms with E-state index < -0.39 is 5.97 Å². The Labute approximate surface area is 140 Å². The summed E-state index contributed by atoms with van der Waals surface area (Å²) in [5, 5.41) is 0. The highest BCUT2D eigenvalue weighted by atomic mass is 16.5. The molecular formula is C21H16O3. The van der Waals surface area contributed by atoms with Gasteiger partial charge in [0.1, 0.15) is 17.2 Å². The first-order valence-electron chi connectivity index (χ1n) is 7.57. The van der Waals surface area contributed by atoms with Crippen molar-refractivity contribution in [2.45, 2.75) is 0 Å². The Morgan fingerprint density at radius 2 is 1.21 bits per heavy atom. The van der Waals surface area contributed by atoms with E-state index in [0.717, 1.165) is 11.3 Å². The lowest BCUT2D eigenvalue weighted by molar-refractivity contribution is -0.128. The first kappa shape index (κ1) is 15.6. The van der Waals surface area contributed by atoms with Crippen molar-refractivity contribution < 1.29 is 14.3 Å². The van der Waals surface area contributed by atoms with Gasteiger partial charge >= 0.3 is 5.97 Å². The van der Waals surface area contributed by atoms with Gasteiger partial charge in [-0.2, -0.15) is 0 Å². The van der Waals surface area contributed by atoms with Crippen molar-refractivity contribution in [3.05, 3.63) is 96.6 Å². The summed E-state index contributed by atoms with van der Waals surface area (Å²) in [5.41, 5.74) is 0.945. The van der Waals surface area contributed by atoms with Crippen molar-refractivity contribution in [3.63, 3.8) is 0 Å². The van der Waals surface area contributed by atoms with Gasteiger partial charge in [0.15, 0.2) is 0 Å². The molecule has 0 amide bonds. The van der Waals surface area contributed by atoms with Crippen LogP contribution >= 0.6 is 0 Å². The quantitative estimate of drug-likeness (QED) is 0.373. The third-order valence-electron chi connectivity index (χ3n) is 3.23. The van der Waals surface area contributed by atoms with Crippen LogP contribution in [0.15, 0.2) is 91.0 Å². The molecule has 0 saturated heterocycles. The molecule has 24 heavy (non-hydrogen) atoms. The van der Waals surface area contributed by atoms with E-state index in [4.69, 9.17) is 9.47 Å². The van der Waals surface area contributed by atoms with Gasteiger partial charge in [-0.3, -0.25) is 0 Å². The Kier molecular flexibility index (Phi) is 5.05. The monoisotopic (exact) mass is 316 g/mol. The second-order valence-corrected chi connectivity index (χ2v) is 5.05. The maximum absolute atomic E-state index is 11.8. The van der Waals surface area contributed by atoms with E-state index in [-0.39, 0.29) is 0 Å². The second kappa shape index (κ2) is 7.79. The molecule has 3 rings (SSSR count). The molecule has 0 spiro atoms. The maximum atomic E-state index is 11.8. The van der Waals surface area contributed by atoms with E-state index in [0.29, 0.717) is 11.5 Å². The van der Waals surface area contributed by atoms with E-state index >= 15 is 0 Å². The van der Waals surface area contributed by atoms with Gasteiger partial charge in [-0.15, -0.1) is 0 Å². The van der Waals surface area contributed by atoms with Crippen LogP contribution in [0.25, 0.3) is 6.08 Å². The Bertz CT molecular complexity index is 807. The van der Waals surface area contributed by atoms with Crippen molar-refractivity contribution in [3.8, 4) is 17.2 Å². The van der Waals surface area contributed by atoms with Crippen molar-refractivity contribution in [2.75, 3.05) is 0 Å². The third-order valence-corrected chi connectivity index (χ3v) is 3.23. The fraction of sp³-hybridized carbons (Fsp3) is 0. The third kappa shape index (κ3) is 4.58. The largest absolute Gasteiger partial charge is 0.457 e. The summed E-state index contributed by atoms with van der Waals surface area (Å²) in [6.45, 7) is 0. The number of rotatable bonds is 5. The smallest absolute Gasteiger partial charge is 0.336 e. The second-order valence-electron chi connectivity index (χ2n) is 5.05. The average Bonchev–Trinajstić information content (AvgIpc) is 2.63. The SMILES string of the molecule is O=C(/C=C/c1ccccc1)Oc1ccc(Oc2ccccc2)cc1. The van der Waals surface area contributed by atoms with Crippen LogP contribution in [0.5, 0.6) is 17.2 Å². The highest BCUT2D eigenvalue weighted by Crippen LogP contribution is 2.23. The van der Waals surface area contributed by atoms with Crippen LogP contribution in [0.2, 0.25) is 0 Å². The van der Waals surface area contributed by atoms with E-state index in [9.17, 15) is 4.79 Å². The number of para-hydroxylation sites is 1. The van der Waals surface area contributed by atoms with Crippen molar-refractivity contribution in [1.29, 1.82) is 0 Å². The van der Waals surface area contributed by atoms with Crippen molar-refractivity contribution in [1.82, 2.24) is 0 Å². The first-order chi connectivity index (χ1) is 11.8. The van der Waals surface area contributed by atoms with Crippen LogP contribution < -0.4 is 9.47 Å². The number of carbonyl (C=O) groups excluding carboxylic acids is 1. The molecule has 0 atom stereocenters. The summed E-state index contributed by atoms with van der Waals surface area (Å²) < 4.78 is 10.9. The maximum Gasteiger partial charge on any atom is 0.336 e. The zero-order valence-electron chi connectivity index (χ0n) is 13.0. The van der Waals surface area contributed by atoms with E-state index in [1.165, 1.54) is 6.08 Å². The van der Waals surface area contributed by atoms with Gasteiger partial charge < -0.3 is 9.47 Å². The van der Waals surface area contributed by atoms with E-state index in [1.54, 1.807) is 30.3 Å². The molecule has 0 aliphatic rings. The van der Waals surface area contributed by atoms with Crippen LogP contribution in [0.3, 0.4) is 0 Å². The number of benzene rings is 3. The summed E-state index contributed by atoms with van der Waals surface area (Å²) in [5.74, 6) is 1.49. The molecule has 0 N–H and O–H groups in total. The minimum absolute atomic E-state index is 0.421. The van der Waals surface area contributed by atoms with Crippen LogP contribution in [-0.4, -0.2) is 5.97 Å². The summed E-state index contributed by atoms with van der Waals surface area (Å²) in [6.07, 6.45) is 3.12. The molecule has 3 heteroatoms. The summed E-state index contributed by atoms with van der Waals surface area (Å²) in [6, 6.07) is 26.0. The number of hydrogen-bond acceptors (Lipinski definition) is 3. The van der Waals surface area contributed by atoms with Gasteiger partial charge in [0.05, 0.1) is 0 Å². The number of hydrogen-bond donors (Lipinski definition) is 0. The Hall–Kier alpha value is -3.33. The van der Waals surface area contributed by atoms with Crippen LogP contribution in [0.4, 0.5) is 0 Å². The molecule has 0 aliphatic carbocycles. The lowest BCUT2D eigenvalue weighted by atomic mass is 10.2. The molecule has 0 aliphatic heterocycles. The van der Waals surface area contributed by atoms with Gasteiger partial charge in [0.25, 0.3) is 0 Å². The van der Waals surface area contributed by atoms with Gasteiger partial charge in [-0.1, -0.05) is 48.5 Å². The predicted octanol–water partition coefficient (Wildman–Crippen LogP) is 5.10. The fourth-order valence-corrected chi connectivity index (χ4v) is 2.08. The molecule has 0 fully saturated rings. The highest BCUT2D eigenvalue weighted by Gasteiger charge is 2.02. The molecule has 0 radical (unpaired) electrons. The minimum atomic E-state index is -0.421. The Morgan fingerprint density at radius 1 is 0.667 bits per heavy atom. The first-order valence-corrected chi connectivity index (χ1v) is 7.57. The van der Waals surface area contributed by atoms with Gasteiger partial charge in [0.2, 0.25) is 0 Å². The Balaban J connectivity index is 1.58. The number of ether oxygens (including phenoxy) is 2. The van der Waals surface area contributed by atoms with E-state index in [2.05, 4.69) is 0 Å². The average molecular weight is 316 g/mol. The van der Waals surface area contributed by atoms with Crippen LogP contribution in [0.1, 0.15) is 5.56 Å². The minimum Gasteiger partial charge on any atom is -0.457 e. The fourth-order valence-electron chi connectivity index (χ4n) is 2.08. The molecule has 3 aromatic carbocycles. The molecule has 3 nitrogen and oxygen atoms in total. The van der Waals surface area contributed by atoms with Gasteiger partial charge in [-0.25, -0.2) is 4.79 Å². The van der Waals surface area contributed by atoms with Crippen molar-refractivity contribution in [2.24, 2.45) is 0 Å². The normalized spacial score (nSPS) is 10.5. The highest BCUT2D eigenvalue weighted by molar-refractivity contribution is 5.88. The van der Waals surface area contributed by atoms with E-state index in [1.807, 2.05) is 60.7 Å². The zero-order valence-corrected chi connectivity index (χ0v) is 13.0. The molecule has 0 bridgehead atoms. The summed E-state index contributed by atoms with van der Waals surface area (Å²) in [7, 11) is 0. The molecule has 0 heterocycles. The molecule has 0 aromatic heterocycles. The number of esters is 1.